The lowest BCUT2D eigenvalue weighted by atomic mass is 10.0. The van der Waals surface area contributed by atoms with E-state index >= 15 is 0 Å². The normalized spacial score (nSPS) is 20.4. The van der Waals surface area contributed by atoms with Gasteiger partial charge >= 0.3 is 0 Å². The van der Waals surface area contributed by atoms with E-state index in [1.165, 1.54) is 12.0 Å². The minimum atomic E-state index is 0.276. The van der Waals surface area contributed by atoms with Crippen LogP contribution in [0.3, 0.4) is 0 Å². The average Bonchev–Trinajstić information content (AvgIpc) is 2.51. The molecule has 1 heterocycles. The third-order valence-electron chi connectivity index (χ3n) is 4.56. The predicted molar refractivity (Wildman–Crippen MR) is 93.8 cm³/mol. The second-order valence-electron chi connectivity index (χ2n) is 5.75. The van der Waals surface area contributed by atoms with Gasteiger partial charge in [0, 0.05) is 49.3 Å². The molecule has 2 N–H and O–H groups in total. The zero-order valence-corrected chi connectivity index (χ0v) is 15.2. The summed E-state index contributed by atoms with van der Waals surface area (Å²) in [6.45, 7) is 9.61. The van der Waals surface area contributed by atoms with Gasteiger partial charge in [-0.1, -0.05) is 24.6 Å². The molecule has 0 spiro atoms. The second-order valence-corrected chi connectivity index (χ2v) is 7.02. The average molecular weight is 375 g/mol. The summed E-state index contributed by atoms with van der Waals surface area (Å²) in [6, 6.07) is 7.08. The Morgan fingerprint density at radius 3 is 2.38 bits per heavy atom. The van der Waals surface area contributed by atoms with E-state index in [2.05, 4.69) is 51.7 Å². The van der Waals surface area contributed by atoms with Crippen molar-refractivity contribution in [2.45, 2.75) is 32.4 Å². The third-order valence-corrected chi connectivity index (χ3v) is 5.77. The molecule has 2 atom stereocenters. The van der Waals surface area contributed by atoms with Crippen LogP contribution in [0.25, 0.3) is 0 Å². The van der Waals surface area contributed by atoms with Gasteiger partial charge in [0.25, 0.3) is 0 Å². The van der Waals surface area contributed by atoms with Crippen molar-refractivity contribution < 1.29 is 0 Å². The Labute approximate surface area is 141 Å². The first kappa shape index (κ1) is 17.2. The highest BCUT2D eigenvalue weighted by atomic mass is 79.9. The maximum absolute atomic E-state index is 6.09. The molecule has 0 radical (unpaired) electrons. The summed E-state index contributed by atoms with van der Waals surface area (Å²) in [6.07, 6.45) is 1.21. The molecule has 1 fully saturated rings. The summed E-state index contributed by atoms with van der Waals surface area (Å²) >= 11 is 9.59. The first-order valence-electron chi connectivity index (χ1n) is 7.70. The van der Waals surface area contributed by atoms with Gasteiger partial charge in [0.1, 0.15) is 0 Å². The van der Waals surface area contributed by atoms with Crippen LogP contribution in [0.5, 0.6) is 0 Å². The Morgan fingerprint density at radius 1 is 1.24 bits per heavy atom. The van der Waals surface area contributed by atoms with Crippen LogP contribution >= 0.6 is 27.5 Å². The zero-order chi connectivity index (χ0) is 15.4. The molecule has 0 amide bonds. The number of hydrogen-bond acceptors (Lipinski definition) is 3. The number of rotatable bonds is 5. The molecule has 1 aliphatic rings. The van der Waals surface area contributed by atoms with E-state index in [4.69, 9.17) is 17.3 Å². The first-order chi connectivity index (χ1) is 10.1. The summed E-state index contributed by atoms with van der Waals surface area (Å²) in [5.74, 6) is 0. The Hall–Kier alpha value is -0.130. The lowest BCUT2D eigenvalue weighted by Gasteiger charge is -2.41. The molecule has 118 valence electrons. The molecule has 0 aliphatic carbocycles. The summed E-state index contributed by atoms with van der Waals surface area (Å²) in [5, 5.41) is 0.746. The van der Waals surface area contributed by atoms with E-state index in [-0.39, 0.29) is 6.04 Å². The molecule has 1 aliphatic heterocycles. The van der Waals surface area contributed by atoms with Gasteiger partial charge in [-0.15, -0.1) is 0 Å². The van der Waals surface area contributed by atoms with E-state index < -0.39 is 0 Å². The Balaban J connectivity index is 2.04. The molecule has 2 unspecified atom stereocenters. The topological polar surface area (TPSA) is 32.5 Å². The second kappa shape index (κ2) is 7.93. The summed E-state index contributed by atoms with van der Waals surface area (Å²) < 4.78 is 0.943. The van der Waals surface area contributed by atoms with Crippen molar-refractivity contribution in [1.82, 2.24) is 9.80 Å². The monoisotopic (exact) mass is 373 g/mol. The molecule has 1 saturated heterocycles. The van der Waals surface area contributed by atoms with Crippen molar-refractivity contribution >= 4 is 27.5 Å². The lowest BCUT2D eigenvalue weighted by Crippen LogP contribution is -2.51. The lowest BCUT2D eigenvalue weighted by molar-refractivity contribution is 0.0743. The highest BCUT2D eigenvalue weighted by Crippen LogP contribution is 2.29. The van der Waals surface area contributed by atoms with Gasteiger partial charge < -0.3 is 5.73 Å². The molecule has 1 aromatic carbocycles. The number of nitrogens with two attached hydrogens (primary N) is 1. The molecular weight excluding hydrogens is 350 g/mol. The minimum Gasteiger partial charge on any atom is -0.329 e. The third kappa shape index (κ3) is 4.20. The quantitative estimate of drug-likeness (QED) is 0.856. The van der Waals surface area contributed by atoms with Crippen LogP contribution in [-0.4, -0.2) is 48.6 Å². The first-order valence-corrected chi connectivity index (χ1v) is 8.87. The summed E-state index contributed by atoms with van der Waals surface area (Å²) in [4.78, 5) is 5.07. The van der Waals surface area contributed by atoms with Gasteiger partial charge in [-0.05, 0) is 47.0 Å². The predicted octanol–water partition coefficient (Wildman–Crippen LogP) is 3.52. The Morgan fingerprint density at radius 2 is 1.86 bits per heavy atom. The molecule has 21 heavy (non-hydrogen) atoms. The zero-order valence-electron chi connectivity index (χ0n) is 12.9. The molecule has 0 bridgehead atoms. The van der Waals surface area contributed by atoms with Crippen LogP contribution in [0.2, 0.25) is 5.02 Å². The van der Waals surface area contributed by atoms with Crippen molar-refractivity contribution in [3.63, 3.8) is 0 Å². The van der Waals surface area contributed by atoms with Gasteiger partial charge in [0.2, 0.25) is 0 Å². The van der Waals surface area contributed by atoms with Crippen molar-refractivity contribution in [2.75, 3.05) is 32.7 Å². The van der Waals surface area contributed by atoms with Gasteiger partial charge in [0.15, 0.2) is 0 Å². The number of halogens is 2. The van der Waals surface area contributed by atoms with E-state index in [0.29, 0.717) is 12.6 Å². The van der Waals surface area contributed by atoms with Crippen molar-refractivity contribution in [3.8, 4) is 0 Å². The van der Waals surface area contributed by atoms with Crippen LogP contribution in [0, 0.1) is 0 Å². The van der Waals surface area contributed by atoms with E-state index in [0.717, 1.165) is 35.7 Å². The van der Waals surface area contributed by atoms with Gasteiger partial charge in [-0.2, -0.15) is 0 Å². The van der Waals surface area contributed by atoms with Gasteiger partial charge in [-0.25, -0.2) is 0 Å². The van der Waals surface area contributed by atoms with E-state index in [1.54, 1.807) is 0 Å². The SMILES string of the molecule is CCC(C)N1CCN(C(CN)c2ccc(Cl)c(Br)c2)CC1. The number of hydrogen-bond donors (Lipinski definition) is 1. The highest BCUT2D eigenvalue weighted by Gasteiger charge is 2.25. The maximum atomic E-state index is 6.09. The van der Waals surface area contributed by atoms with E-state index in [1.807, 2.05) is 6.07 Å². The minimum absolute atomic E-state index is 0.276. The molecule has 3 nitrogen and oxygen atoms in total. The molecule has 1 aromatic rings. The van der Waals surface area contributed by atoms with Crippen LogP contribution in [0.4, 0.5) is 0 Å². The van der Waals surface area contributed by atoms with Crippen LogP contribution in [0.15, 0.2) is 22.7 Å². The largest absolute Gasteiger partial charge is 0.329 e. The summed E-state index contributed by atoms with van der Waals surface area (Å²) in [7, 11) is 0. The van der Waals surface area contributed by atoms with Crippen LogP contribution in [-0.2, 0) is 0 Å². The summed E-state index contributed by atoms with van der Waals surface area (Å²) in [5.41, 5.74) is 7.28. The smallest absolute Gasteiger partial charge is 0.0548 e. The van der Waals surface area contributed by atoms with E-state index in [9.17, 15) is 0 Å². The standard InChI is InChI=1S/C16H25BrClN3/c1-3-12(2)20-6-8-21(9-7-20)16(11-19)13-4-5-15(18)14(17)10-13/h4-5,10,12,16H,3,6-9,11,19H2,1-2H3. The van der Waals surface area contributed by atoms with Gasteiger partial charge in [-0.3, -0.25) is 9.80 Å². The molecule has 2 rings (SSSR count). The molecular formula is C16H25BrClN3. The maximum Gasteiger partial charge on any atom is 0.0548 e. The molecule has 0 saturated carbocycles. The fraction of sp³-hybridized carbons (Fsp3) is 0.625. The molecule has 0 aromatic heterocycles. The fourth-order valence-corrected chi connectivity index (χ4v) is 3.48. The Kier molecular flexibility index (Phi) is 6.51. The van der Waals surface area contributed by atoms with Gasteiger partial charge in [0.05, 0.1) is 5.02 Å². The number of benzene rings is 1. The van der Waals surface area contributed by atoms with Crippen molar-refractivity contribution in [2.24, 2.45) is 5.73 Å². The van der Waals surface area contributed by atoms with Crippen molar-refractivity contribution in [1.29, 1.82) is 0 Å². The van der Waals surface area contributed by atoms with Crippen molar-refractivity contribution in [3.05, 3.63) is 33.3 Å². The highest BCUT2D eigenvalue weighted by molar-refractivity contribution is 9.10. The molecule has 5 heteroatoms. The van der Waals surface area contributed by atoms with Crippen LogP contribution in [0.1, 0.15) is 31.9 Å². The number of nitrogens with zero attached hydrogens (tertiary/aromatic N) is 2. The van der Waals surface area contributed by atoms with Crippen LogP contribution < -0.4 is 5.73 Å². The number of piperazine rings is 1. The fourth-order valence-electron chi connectivity index (χ4n) is 2.96. The Bertz CT molecular complexity index is 461.